The van der Waals surface area contributed by atoms with E-state index in [1.54, 1.807) is 7.11 Å². The van der Waals surface area contributed by atoms with E-state index in [4.69, 9.17) is 10.6 Å². The highest BCUT2D eigenvalue weighted by atomic mass is 16.5. The van der Waals surface area contributed by atoms with Gasteiger partial charge in [-0.2, -0.15) is 0 Å². The minimum Gasteiger partial charge on any atom is -0.383 e. The molecule has 3 N–H and O–H groups in total. The Hall–Kier alpha value is -0.120. The maximum Gasteiger partial charge on any atom is 0.0631 e. The van der Waals surface area contributed by atoms with Gasteiger partial charge in [0.15, 0.2) is 0 Å². The fourth-order valence-electron chi connectivity index (χ4n) is 0.613. The maximum atomic E-state index is 5.23. The number of nitrogens with two attached hydrogens (primary N) is 1. The van der Waals surface area contributed by atoms with Gasteiger partial charge in [0, 0.05) is 13.2 Å². The molecule has 0 saturated carbocycles. The quantitative estimate of drug-likeness (QED) is 0.422. The molecule has 0 saturated heterocycles. The molecule has 56 valence electrons. The number of ether oxygens (including phenoxy) is 1. The molecule has 0 aliphatic carbocycles. The largest absolute Gasteiger partial charge is 0.383 e. The van der Waals surface area contributed by atoms with E-state index in [0.717, 1.165) is 0 Å². The van der Waals surface area contributed by atoms with Crippen LogP contribution in [0, 0.1) is 5.92 Å². The lowest BCUT2D eigenvalue weighted by Gasteiger charge is -2.17. The van der Waals surface area contributed by atoms with Crippen molar-refractivity contribution in [3.05, 3.63) is 0 Å². The summed E-state index contributed by atoms with van der Waals surface area (Å²) in [5.41, 5.74) is 2.68. The van der Waals surface area contributed by atoms with E-state index >= 15 is 0 Å². The number of methoxy groups -OCH3 is 1. The van der Waals surface area contributed by atoms with Gasteiger partial charge in [0.1, 0.15) is 0 Å². The minimum absolute atomic E-state index is 0.273. The first-order valence-electron chi connectivity index (χ1n) is 3.17. The van der Waals surface area contributed by atoms with E-state index < -0.39 is 0 Å². The van der Waals surface area contributed by atoms with Crippen molar-refractivity contribution in [3.63, 3.8) is 0 Å². The van der Waals surface area contributed by atoms with Crippen LogP contribution in [0.3, 0.4) is 0 Å². The predicted molar refractivity (Wildman–Crippen MR) is 37.8 cm³/mol. The molecule has 0 radical (unpaired) electrons. The van der Waals surface area contributed by atoms with Crippen LogP contribution in [-0.4, -0.2) is 19.8 Å². The van der Waals surface area contributed by atoms with Crippen molar-refractivity contribution in [1.82, 2.24) is 5.43 Å². The number of hydrogen-bond donors (Lipinski definition) is 2. The third-order valence-corrected chi connectivity index (χ3v) is 1.37. The minimum atomic E-state index is 0.273. The lowest BCUT2D eigenvalue weighted by molar-refractivity contribution is 0.147. The SMILES string of the molecule is COCC(NN)C(C)C. The topological polar surface area (TPSA) is 47.3 Å². The van der Waals surface area contributed by atoms with Crippen molar-refractivity contribution in [2.24, 2.45) is 11.8 Å². The maximum absolute atomic E-state index is 5.23. The summed E-state index contributed by atoms with van der Waals surface area (Å²) >= 11 is 0. The summed E-state index contributed by atoms with van der Waals surface area (Å²) in [5.74, 6) is 5.75. The normalized spacial score (nSPS) is 14.3. The van der Waals surface area contributed by atoms with Crippen molar-refractivity contribution in [2.45, 2.75) is 19.9 Å². The van der Waals surface area contributed by atoms with Crippen molar-refractivity contribution in [3.8, 4) is 0 Å². The van der Waals surface area contributed by atoms with Gasteiger partial charge in [-0.05, 0) is 5.92 Å². The summed E-state index contributed by atoms with van der Waals surface area (Å²) in [7, 11) is 1.67. The molecule has 9 heavy (non-hydrogen) atoms. The molecule has 1 unspecified atom stereocenters. The molecular weight excluding hydrogens is 116 g/mol. The second-order valence-corrected chi connectivity index (χ2v) is 2.47. The summed E-state index contributed by atoms with van der Waals surface area (Å²) in [6, 6.07) is 0.273. The highest BCUT2D eigenvalue weighted by molar-refractivity contribution is 4.65. The first-order valence-corrected chi connectivity index (χ1v) is 3.17. The van der Waals surface area contributed by atoms with Crippen LogP contribution in [-0.2, 0) is 4.74 Å². The van der Waals surface area contributed by atoms with Crippen LogP contribution in [0.5, 0.6) is 0 Å². The highest BCUT2D eigenvalue weighted by Gasteiger charge is 2.09. The van der Waals surface area contributed by atoms with Crippen LogP contribution in [0.2, 0.25) is 0 Å². The molecule has 0 aliphatic heterocycles. The van der Waals surface area contributed by atoms with Crippen LogP contribution in [0.4, 0.5) is 0 Å². The van der Waals surface area contributed by atoms with Gasteiger partial charge in [-0.25, -0.2) is 0 Å². The monoisotopic (exact) mass is 132 g/mol. The second kappa shape index (κ2) is 4.73. The molecule has 0 aliphatic rings. The van der Waals surface area contributed by atoms with Gasteiger partial charge >= 0.3 is 0 Å². The number of rotatable bonds is 4. The summed E-state index contributed by atoms with van der Waals surface area (Å²) in [6.07, 6.45) is 0. The van der Waals surface area contributed by atoms with Crippen LogP contribution >= 0.6 is 0 Å². The van der Waals surface area contributed by atoms with Crippen molar-refractivity contribution in [2.75, 3.05) is 13.7 Å². The number of hydrazine groups is 1. The smallest absolute Gasteiger partial charge is 0.0631 e. The predicted octanol–water partition coefficient (Wildman–Crippen LogP) is 0.121. The van der Waals surface area contributed by atoms with Gasteiger partial charge < -0.3 is 4.74 Å². The molecular formula is C6H16N2O. The van der Waals surface area contributed by atoms with Crippen molar-refractivity contribution in [1.29, 1.82) is 0 Å². The highest BCUT2D eigenvalue weighted by Crippen LogP contribution is 1.99. The molecule has 0 rings (SSSR count). The molecule has 0 aromatic rings. The third-order valence-electron chi connectivity index (χ3n) is 1.37. The van der Waals surface area contributed by atoms with Crippen LogP contribution in [0.25, 0.3) is 0 Å². The van der Waals surface area contributed by atoms with E-state index in [0.29, 0.717) is 12.5 Å². The van der Waals surface area contributed by atoms with Crippen molar-refractivity contribution >= 4 is 0 Å². The molecule has 0 bridgehead atoms. The first-order chi connectivity index (χ1) is 4.22. The molecule has 0 spiro atoms. The third kappa shape index (κ3) is 3.46. The zero-order chi connectivity index (χ0) is 7.28. The average Bonchev–Trinajstić information content (AvgIpc) is 1.82. The Morgan fingerprint density at radius 2 is 2.11 bits per heavy atom. The van der Waals surface area contributed by atoms with E-state index in [2.05, 4.69) is 19.3 Å². The Morgan fingerprint density at radius 3 is 2.22 bits per heavy atom. The van der Waals surface area contributed by atoms with E-state index in [-0.39, 0.29) is 6.04 Å². The molecule has 0 aromatic carbocycles. The Labute approximate surface area is 56.5 Å². The van der Waals surface area contributed by atoms with Gasteiger partial charge in [-0.1, -0.05) is 13.8 Å². The van der Waals surface area contributed by atoms with Crippen LogP contribution in [0.1, 0.15) is 13.8 Å². The van der Waals surface area contributed by atoms with Gasteiger partial charge in [0.05, 0.1) is 6.61 Å². The second-order valence-electron chi connectivity index (χ2n) is 2.47. The molecule has 3 nitrogen and oxygen atoms in total. The van der Waals surface area contributed by atoms with Crippen LogP contribution < -0.4 is 11.3 Å². The molecule has 0 amide bonds. The molecule has 0 heterocycles. The Bertz CT molecular complexity index is 66.1. The summed E-state index contributed by atoms with van der Waals surface area (Å²) in [4.78, 5) is 0. The average molecular weight is 132 g/mol. The van der Waals surface area contributed by atoms with Crippen molar-refractivity contribution < 1.29 is 4.74 Å². The lowest BCUT2D eigenvalue weighted by atomic mass is 10.1. The summed E-state index contributed by atoms with van der Waals surface area (Å²) < 4.78 is 4.91. The zero-order valence-electron chi connectivity index (χ0n) is 6.35. The van der Waals surface area contributed by atoms with E-state index in [1.807, 2.05) is 0 Å². The molecule has 1 atom stereocenters. The van der Waals surface area contributed by atoms with Crippen LogP contribution in [0.15, 0.2) is 0 Å². The molecule has 0 aromatic heterocycles. The van der Waals surface area contributed by atoms with Gasteiger partial charge in [-0.3, -0.25) is 11.3 Å². The lowest BCUT2D eigenvalue weighted by Crippen LogP contribution is -2.42. The number of nitrogens with one attached hydrogen (secondary N) is 1. The fourth-order valence-corrected chi connectivity index (χ4v) is 0.613. The summed E-state index contributed by atoms with van der Waals surface area (Å²) in [6.45, 7) is 4.88. The zero-order valence-corrected chi connectivity index (χ0v) is 6.35. The fraction of sp³-hybridized carbons (Fsp3) is 1.00. The Balaban J connectivity index is 3.41. The van der Waals surface area contributed by atoms with Gasteiger partial charge in [0.25, 0.3) is 0 Å². The Kier molecular flexibility index (Phi) is 4.67. The first kappa shape index (κ1) is 8.88. The summed E-state index contributed by atoms with van der Waals surface area (Å²) in [5, 5.41) is 0. The van der Waals surface area contributed by atoms with E-state index in [1.165, 1.54) is 0 Å². The Morgan fingerprint density at radius 1 is 1.56 bits per heavy atom. The standard InChI is InChI=1S/C6H16N2O/c1-5(2)6(8-7)4-9-3/h5-6,8H,4,7H2,1-3H3. The molecule has 3 heteroatoms. The van der Waals surface area contributed by atoms with E-state index in [9.17, 15) is 0 Å². The number of hydrogen-bond acceptors (Lipinski definition) is 3. The van der Waals surface area contributed by atoms with Gasteiger partial charge in [-0.15, -0.1) is 0 Å². The molecule has 0 fully saturated rings. The van der Waals surface area contributed by atoms with Gasteiger partial charge in [0.2, 0.25) is 0 Å².